The van der Waals surface area contributed by atoms with E-state index in [1.807, 2.05) is 30.3 Å². The van der Waals surface area contributed by atoms with Crippen LogP contribution in [0.2, 0.25) is 5.02 Å². The van der Waals surface area contributed by atoms with E-state index in [0.717, 1.165) is 12.8 Å². The summed E-state index contributed by atoms with van der Waals surface area (Å²) in [5.41, 5.74) is 0.967. The lowest BCUT2D eigenvalue weighted by Crippen LogP contribution is -2.44. The number of hydrogen-bond acceptors (Lipinski definition) is 4. The van der Waals surface area contributed by atoms with Crippen molar-refractivity contribution in [3.63, 3.8) is 0 Å². The van der Waals surface area contributed by atoms with Gasteiger partial charge in [-0.3, -0.25) is 14.2 Å². The molecule has 1 fully saturated rings. The van der Waals surface area contributed by atoms with Gasteiger partial charge in [0, 0.05) is 6.04 Å². The fraction of sp³-hybridized carbons (Fsp3) is 0.375. The number of nitrogens with one attached hydrogen (secondary N) is 1. The normalized spacial score (nSPS) is 21.2. The highest BCUT2D eigenvalue weighted by molar-refractivity contribution is 7.99. The standard InChI is InChI=1S/C24H26ClN3O2S/c1-15-8-7-12-19(16(15)2)26-22(29)14-31-24-27-20-11-5-3-9-17(20)23(30)28(24)21-13-6-4-10-18(21)25/h3-6,9-11,13,15-16,19H,7-8,12,14H2,1-2H3,(H,26,29). The van der Waals surface area contributed by atoms with Gasteiger partial charge in [-0.05, 0) is 42.5 Å². The first-order valence-corrected chi connectivity index (χ1v) is 12.0. The molecule has 0 radical (unpaired) electrons. The van der Waals surface area contributed by atoms with Gasteiger partial charge in [-0.25, -0.2) is 4.98 Å². The Labute approximate surface area is 191 Å². The largest absolute Gasteiger partial charge is 0.352 e. The quantitative estimate of drug-likeness (QED) is 0.430. The summed E-state index contributed by atoms with van der Waals surface area (Å²) >= 11 is 7.66. The van der Waals surface area contributed by atoms with Gasteiger partial charge in [0.25, 0.3) is 5.56 Å². The van der Waals surface area contributed by atoms with Crippen LogP contribution in [-0.4, -0.2) is 27.3 Å². The Hall–Kier alpha value is -2.31. The highest BCUT2D eigenvalue weighted by Gasteiger charge is 2.28. The van der Waals surface area contributed by atoms with E-state index in [-0.39, 0.29) is 23.3 Å². The second-order valence-electron chi connectivity index (χ2n) is 8.23. The van der Waals surface area contributed by atoms with Gasteiger partial charge in [0.05, 0.1) is 27.4 Å². The van der Waals surface area contributed by atoms with Crippen LogP contribution in [0.25, 0.3) is 16.6 Å². The Kier molecular flexibility index (Phi) is 6.68. The molecule has 0 bridgehead atoms. The molecule has 4 rings (SSSR count). The summed E-state index contributed by atoms with van der Waals surface area (Å²) in [5, 5.41) is 4.62. The maximum atomic E-state index is 13.3. The van der Waals surface area contributed by atoms with Gasteiger partial charge >= 0.3 is 0 Å². The zero-order valence-electron chi connectivity index (χ0n) is 17.7. The second-order valence-corrected chi connectivity index (χ2v) is 9.58. The minimum Gasteiger partial charge on any atom is -0.352 e. The summed E-state index contributed by atoms with van der Waals surface area (Å²) in [6.07, 6.45) is 3.37. The van der Waals surface area contributed by atoms with Crippen LogP contribution in [0.5, 0.6) is 0 Å². The number of nitrogens with zero attached hydrogens (tertiary/aromatic N) is 2. The zero-order chi connectivity index (χ0) is 22.0. The molecule has 0 aliphatic heterocycles. The third-order valence-electron chi connectivity index (χ3n) is 6.22. The highest BCUT2D eigenvalue weighted by Crippen LogP contribution is 2.30. The van der Waals surface area contributed by atoms with Crippen LogP contribution in [0.4, 0.5) is 0 Å². The fourth-order valence-electron chi connectivity index (χ4n) is 4.22. The lowest BCUT2D eigenvalue weighted by molar-refractivity contribution is -0.120. The molecule has 162 valence electrons. The third kappa shape index (κ3) is 4.65. The molecule has 1 aliphatic carbocycles. The molecule has 1 N–H and O–H groups in total. The molecule has 1 aliphatic rings. The molecule has 1 amide bonds. The number of carbonyl (C=O) groups is 1. The number of fused-ring (bicyclic) bond motifs is 1. The van der Waals surface area contributed by atoms with Crippen molar-refractivity contribution in [3.8, 4) is 5.69 Å². The van der Waals surface area contributed by atoms with Crippen molar-refractivity contribution >= 4 is 40.2 Å². The van der Waals surface area contributed by atoms with Crippen LogP contribution < -0.4 is 10.9 Å². The SMILES string of the molecule is CC1CCCC(NC(=O)CSc2nc3ccccc3c(=O)n2-c2ccccc2Cl)C1C. The summed E-state index contributed by atoms with van der Waals surface area (Å²) in [6, 6.07) is 14.6. The molecule has 3 atom stereocenters. The number of carbonyl (C=O) groups excluding carboxylic acids is 1. The van der Waals surface area contributed by atoms with Crippen LogP contribution in [-0.2, 0) is 4.79 Å². The van der Waals surface area contributed by atoms with Gasteiger partial charge < -0.3 is 5.32 Å². The van der Waals surface area contributed by atoms with Gasteiger partial charge in [0.2, 0.25) is 5.91 Å². The Morgan fingerprint density at radius 1 is 1.16 bits per heavy atom. The Balaban J connectivity index is 1.62. The van der Waals surface area contributed by atoms with E-state index in [2.05, 4.69) is 24.1 Å². The van der Waals surface area contributed by atoms with E-state index in [1.54, 1.807) is 18.2 Å². The summed E-state index contributed by atoms with van der Waals surface area (Å²) in [6.45, 7) is 4.46. The average molecular weight is 456 g/mol. The number of amides is 1. The molecule has 0 saturated heterocycles. The van der Waals surface area contributed by atoms with Gasteiger partial charge in [0.15, 0.2) is 5.16 Å². The number of hydrogen-bond donors (Lipinski definition) is 1. The summed E-state index contributed by atoms with van der Waals surface area (Å²) in [5.74, 6) is 1.22. The van der Waals surface area contributed by atoms with Crippen LogP contribution in [0.15, 0.2) is 58.5 Å². The van der Waals surface area contributed by atoms with E-state index in [0.29, 0.717) is 38.6 Å². The summed E-state index contributed by atoms with van der Waals surface area (Å²) in [4.78, 5) is 30.7. The number of aromatic nitrogens is 2. The minimum atomic E-state index is -0.198. The van der Waals surface area contributed by atoms with E-state index < -0.39 is 0 Å². The predicted molar refractivity (Wildman–Crippen MR) is 127 cm³/mol. The number of para-hydroxylation sites is 2. The third-order valence-corrected chi connectivity index (χ3v) is 7.48. The molecule has 2 aromatic carbocycles. The molecule has 1 saturated carbocycles. The van der Waals surface area contributed by atoms with Crippen molar-refractivity contribution in [1.82, 2.24) is 14.9 Å². The molecule has 3 aromatic rings. The second kappa shape index (κ2) is 9.45. The number of thioether (sulfide) groups is 1. The first-order chi connectivity index (χ1) is 15.0. The maximum absolute atomic E-state index is 13.3. The van der Waals surface area contributed by atoms with Crippen molar-refractivity contribution in [3.05, 3.63) is 63.9 Å². The molecule has 31 heavy (non-hydrogen) atoms. The molecule has 1 aromatic heterocycles. The molecular weight excluding hydrogens is 430 g/mol. The fourth-order valence-corrected chi connectivity index (χ4v) is 5.26. The number of rotatable bonds is 5. The maximum Gasteiger partial charge on any atom is 0.266 e. The van der Waals surface area contributed by atoms with Crippen LogP contribution >= 0.6 is 23.4 Å². The molecule has 3 unspecified atom stereocenters. The highest BCUT2D eigenvalue weighted by atomic mass is 35.5. The van der Waals surface area contributed by atoms with Gasteiger partial charge in [0.1, 0.15) is 0 Å². The van der Waals surface area contributed by atoms with Crippen LogP contribution in [0, 0.1) is 11.8 Å². The van der Waals surface area contributed by atoms with Crippen molar-refractivity contribution in [2.24, 2.45) is 11.8 Å². The van der Waals surface area contributed by atoms with E-state index in [4.69, 9.17) is 11.6 Å². The Bertz CT molecular complexity index is 1160. The topological polar surface area (TPSA) is 64.0 Å². The molecule has 0 spiro atoms. The number of benzene rings is 2. The first kappa shape index (κ1) is 21.9. The average Bonchev–Trinajstić information content (AvgIpc) is 2.76. The summed E-state index contributed by atoms with van der Waals surface area (Å²) < 4.78 is 1.51. The molecule has 5 nitrogen and oxygen atoms in total. The Morgan fingerprint density at radius 3 is 2.71 bits per heavy atom. The van der Waals surface area contributed by atoms with Crippen LogP contribution in [0.3, 0.4) is 0 Å². The van der Waals surface area contributed by atoms with Gasteiger partial charge in [-0.2, -0.15) is 0 Å². The van der Waals surface area contributed by atoms with Gasteiger partial charge in [-0.15, -0.1) is 0 Å². The molecule has 7 heteroatoms. The molecular formula is C24H26ClN3O2S. The van der Waals surface area contributed by atoms with Crippen molar-refractivity contribution in [2.75, 3.05) is 5.75 Å². The lowest BCUT2D eigenvalue weighted by atomic mass is 9.78. The molecule has 1 heterocycles. The summed E-state index contributed by atoms with van der Waals surface area (Å²) in [7, 11) is 0. The van der Waals surface area contributed by atoms with Gasteiger partial charge in [-0.1, -0.05) is 74.3 Å². The monoisotopic (exact) mass is 455 g/mol. The smallest absolute Gasteiger partial charge is 0.266 e. The van der Waals surface area contributed by atoms with E-state index >= 15 is 0 Å². The minimum absolute atomic E-state index is 0.0379. The van der Waals surface area contributed by atoms with Crippen molar-refractivity contribution in [1.29, 1.82) is 0 Å². The zero-order valence-corrected chi connectivity index (χ0v) is 19.2. The van der Waals surface area contributed by atoms with E-state index in [9.17, 15) is 9.59 Å². The number of halogens is 1. The Morgan fingerprint density at radius 2 is 1.90 bits per heavy atom. The van der Waals surface area contributed by atoms with Crippen molar-refractivity contribution in [2.45, 2.75) is 44.3 Å². The first-order valence-electron chi connectivity index (χ1n) is 10.6. The van der Waals surface area contributed by atoms with Crippen LogP contribution in [0.1, 0.15) is 33.1 Å². The van der Waals surface area contributed by atoms with E-state index in [1.165, 1.54) is 22.7 Å². The predicted octanol–water partition coefficient (Wildman–Crippen LogP) is 5.07. The lowest BCUT2D eigenvalue weighted by Gasteiger charge is -2.34. The van der Waals surface area contributed by atoms with Crippen molar-refractivity contribution < 1.29 is 4.79 Å².